The fourth-order valence-electron chi connectivity index (χ4n) is 1.69. The van der Waals surface area contributed by atoms with Crippen molar-refractivity contribution >= 4 is 18.0 Å². The van der Waals surface area contributed by atoms with Gasteiger partial charge in [-0.25, -0.2) is 0 Å². The Morgan fingerprint density at radius 1 is 1.53 bits per heavy atom. The van der Waals surface area contributed by atoms with Crippen molar-refractivity contribution in [3.05, 3.63) is 23.0 Å². The summed E-state index contributed by atoms with van der Waals surface area (Å²) in [5.74, 6) is -0.271. The van der Waals surface area contributed by atoms with Crippen LogP contribution in [0.5, 0.6) is 0 Å². The summed E-state index contributed by atoms with van der Waals surface area (Å²) in [7, 11) is 0. The Bertz CT molecular complexity index is 448. The molecule has 0 atom stereocenters. The molecule has 0 saturated heterocycles. The van der Waals surface area contributed by atoms with Gasteiger partial charge in [-0.2, -0.15) is 0 Å². The van der Waals surface area contributed by atoms with Crippen molar-refractivity contribution in [1.82, 2.24) is 9.88 Å². The Morgan fingerprint density at radius 3 is 2.87 bits per heavy atom. The van der Waals surface area contributed by atoms with Crippen LogP contribution in [0, 0.1) is 0 Å². The standard InChI is InChI=1S/C10H10N2O3/c1-6(14)12-3-9-8(10(15)4-12)2-7(5-13)11-9/h2,5,11H,3-4H2,1H3. The molecule has 2 rings (SSSR count). The lowest BCUT2D eigenvalue weighted by Gasteiger charge is -2.24. The van der Waals surface area contributed by atoms with Gasteiger partial charge in [-0.15, -0.1) is 0 Å². The third-order valence-electron chi connectivity index (χ3n) is 2.48. The zero-order chi connectivity index (χ0) is 11.0. The number of amides is 1. The Balaban J connectivity index is 2.38. The van der Waals surface area contributed by atoms with E-state index < -0.39 is 0 Å². The number of hydrogen-bond acceptors (Lipinski definition) is 3. The molecule has 0 fully saturated rings. The summed E-state index contributed by atoms with van der Waals surface area (Å²) in [6.45, 7) is 1.88. The van der Waals surface area contributed by atoms with Gasteiger partial charge in [0.1, 0.15) is 0 Å². The molecule has 5 heteroatoms. The second kappa shape index (κ2) is 3.34. The molecule has 1 aromatic rings. The zero-order valence-corrected chi connectivity index (χ0v) is 8.24. The molecular formula is C10H10N2O3. The van der Waals surface area contributed by atoms with Crippen molar-refractivity contribution in [3.8, 4) is 0 Å². The molecule has 0 bridgehead atoms. The predicted molar refractivity (Wildman–Crippen MR) is 51.6 cm³/mol. The number of fused-ring (bicyclic) bond motifs is 1. The van der Waals surface area contributed by atoms with E-state index in [2.05, 4.69) is 4.98 Å². The number of ketones is 1. The number of nitrogens with zero attached hydrogens (tertiary/aromatic N) is 1. The van der Waals surface area contributed by atoms with Crippen LogP contribution in [0.2, 0.25) is 0 Å². The van der Waals surface area contributed by atoms with Gasteiger partial charge in [0.25, 0.3) is 0 Å². The van der Waals surface area contributed by atoms with Crippen LogP contribution in [-0.2, 0) is 11.3 Å². The first kappa shape index (κ1) is 9.64. The van der Waals surface area contributed by atoms with Crippen molar-refractivity contribution in [2.24, 2.45) is 0 Å². The highest BCUT2D eigenvalue weighted by molar-refractivity contribution is 6.02. The summed E-state index contributed by atoms with van der Waals surface area (Å²) in [6.07, 6.45) is 0.656. The van der Waals surface area contributed by atoms with Crippen LogP contribution >= 0.6 is 0 Å². The van der Waals surface area contributed by atoms with Crippen LogP contribution < -0.4 is 0 Å². The topological polar surface area (TPSA) is 70.2 Å². The van der Waals surface area contributed by atoms with E-state index in [1.807, 2.05) is 0 Å². The van der Waals surface area contributed by atoms with Gasteiger partial charge in [0, 0.05) is 18.2 Å². The van der Waals surface area contributed by atoms with Gasteiger partial charge in [0.2, 0.25) is 5.91 Å². The molecule has 0 aliphatic carbocycles. The number of aldehydes is 1. The molecule has 15 heavy (non-hydrogen) atoms. The summed E-state index contributed by atoms with van der Waals surface area (Å²) in [6, 6.07) is 1.53. The first-order chi connectivity index (χ1) is 7.11. The van der Waals surface area contributed by atoms with Crippen LogP contribution in [0.4, 0.5) is 0 Å². The maximum absolute atomic E-state index is 11.6. The summed E-state index contributed by atoms with van der Waals surface area (Å²) in [5, 5.41) is 0. The second-order valence-corrected chi connectivity index (χ2v) is 3.53. The van der Waals surface area contributed by atoms with Gasteiger partial charge in [-0.05, 0) is 6.07 Å². The lowest BCUT2D eigenvalue weighted by molar-refractivity contribution is -0.129. The highest BCUT2D eigenvalue weighted by Crippen LogP contribution is 2.19. The number of aromatic nitrogens is 1. The molecular weight excluding hydrogens is 196 g/mol. The van der Waals surface area contributed by atoms with E-state index in [1.54, 1.807) is 0 Å². The van der Waals surface area contributed by atoms with E-state index in [0.717, 1.165) is 0 Å². The van der Waals surface area contributed by atoms with Crippen molar-refractivity contribution in [2.45, 2.75) is 13.5 Å². The number of carbonyl (C=O) groups is 3. The van der Waals surface area contributed by atoms with Gasteiger partial charge in [0.05, 0.1) is 18.8 Å². The predicted octanol–water partition coefficient (Wildman–Crippen LogP) is 0.372. The summed E-state index contributed by atoms with van der Waals surface area (Å²) >= 11 is 0. The van der Waals surface area contributed by atoms with E-state index in [1.165, 1.54) is 17.9 Å². The highest BCUT2D eigenvalue weighted by atomic mass is 16.2. The lowest BCUT2D eigenvalue weighted by atomic mass is 10.1. The van der Waals surface area contributed by atoms with Crippen molar-refractivity contribution in [3.63, 3.8) is 0 Å². The first-order valence-electron chi connectivity index (χ1n) is 4.57. The van der Waals surface area contributed by atoms with Crippen LogP contribution in [0.15, 0.2) is 6.07 Å². The average Bonchev–Trinajstić information content (AvgIpc) is 2.61. The van der Waals surface area contributed by atoms with Crippen molar-refractivity contribution in [2.75, 3.05) is 6.54 Å². The van der Waals surface area contributed by atoms with Gasteiger partial charge in [0.15, 0.2) is 12.1 Å². The molecule has 1 aromatic heterocycles. The molecule has 0 aromatic carbocycles. The minimum Gasteiger partial charge on any atom is -0.354 e. The molecule has 1 aliphatic heterocycles. The van der Waals surface area contributed by atoms with E-state index >= 15 is 0 Å². The smallest absolute Gasteiger partial charge is 0.220 e. The van der Waals surface area contributed by atoms with Crippen molar-refractivity contribution in [1.29, 1.82) is 0 Å². The van der Waals surface area contributed by atoms with Crippen LogP contribution in [0.1, 0.15) is 33.5 Å². The molecule has 0 saturated carbocycles. The van der Waals surface area contributed by atoms with Crippen molar-refractivity contribution < 1.29 is 14.4 Å². The molecule has 0 radical (unpaired) electrons. The fraction of sp³-hybridized carbons (Fsp3) is 0.300. The summed E-state index contributed by atoms with van der Waals surface area (Å²) in [5.41, 5.74) is 1.54. The van der Waals surface area contributed by atoms with E-state index in [9.17, 15) is 14.4 Å². The molecule has 2 heterocycles. The molecule has 5 nitrogen and oxygen atoms in total. The number of rotatable bonds is 1. The normalized spacial score (nSPS) is 15.0. The van der Waals surface area contributed by atoms with Gasteiger partial charge in [-0.3, -0.25) is 14.4 Å². The number of carbonyl (C=O) groups excluding carboxylic acids is 3. The van der Waals surface area contributed by atoms with Gasteiger partial charge >= 0.3 is 0 Å². The van der Waals surface area contributed by atoms with Crippen LogP contribution in [-0.4, -0.2) is 34.4 Å². The quantitative estimate of drug-likeness (QED) is 0.675. The summed E-state index contributed by atoms with van der Waals surface area (Å²) < 4.78 is 0. The SMILES string of the molecule is CC(=O)N1CC(=O)c2cc(C=O)[nH]c2C1. The second-order valence-electron chi connectivity index (χ2n) is 3.53. The first-order valence-corrected chi connectivity index (χ1v) is 4.57. The van der Waals surface area contributed by atoms with Gasteiger partial charge in [-0.1, -0.05) is 0 Å². The fourth-order valence-corrected chi connectivity index (χ4v) is 1.69. The molecule has 78 valence electrons. The van der Waals surface area contributed by atoms with Crippen LogP contribution in [0.3, 0.4) is 0 Å². The summed E-state index contributed by atoms with van der Waals surface area (Å²) in [4.78, 5) is 37.5. The Morgan fingerprint density at radius 2 is 2.27 bits per heavy atom. The minimum absolute atomic E-state index is 0.0957. The Labute approximate surface area is 86.1 Å². The highest BCUT2D eigenvalue weighted by Gasteiger charge is 2.26. The number of hydrogen-bond donors (Lipinski definition) is 1. The molecule has 0 unspecified atom stereocenters. The van der Waals surface area contributed by atoms with E-state index in [4.69, 9.17) is 0 Å². The number of nitrogens with one attached hydrogen (secondary N) is 1. The maximum atomic E-state index is 11.6. The molecule has 1 amide bonds. The minimum atomic E-state index is -0.142. The molecule has 0 spiro atoms. The number of aromatic amines is 1. The average molecular weight is 206 g/mol. The third-order valence-corrected chi connectivity index (χ3v) is 2.48. The Kier molecular flexibility index (Phi) is 2.15. The molecule has 1 N–H and O–H groups in total. The molecule has 1 aliphatic rings. The van der Waals surface area contributed by atoms with Gasteiger partial charge < -0.3 is 9.88 Å². The monoisotopic (exact) mass is 206 g/mol. The van der Waals surface area contributed by atoms with E-state index in [-0.39, 0.29) is 18.2 Å². The number of Topliss-reactive ketones (excluding diaryl/α,β-unsaturated/α-hetero) is 1. The zero-order valence-electron chi connectivity index (χ0n) is 8.24. The largest absolute Gasteiger partial charge is 0.354 e. The third kappa shape index (κ3) is 1.56. The maximum Gasteiger partial charge on any atom is 0.220 e. The number of H-pyrrole nitrogens is 1. The lowest BCUT2D eigenvalue weighted by Crippen LogP contribution is -2.37. The van der Waals surface area contributed by atoms with Crippen LogP contribution in [0.25, 0.3) is 0 Å². The van der Waals surface area contributed by atoms with E-state index in [0.29, 0.717) is 29.8 Å². The Hall–Kier alpha value is -1.91.